The molecule has 2 aromatic rings. The van der Waals surface area contributed by atoms with Gasteiger partial charge in [-0.25, -0.2) is 4.39 Å². The number of halogens is 1. The van der Waals surface area contributed by atoms with E-state index in [1.54, 1.807) is 12.1 Å². The predicted octanol–water partition coefficient (Wildman–Crippen LogP) is 4.25. The highest BCUT2D eigenvalue weighted by Gasteiger charge is 2.15. The molecule has 1 unspecified atom stereocenters. The summed E-state index contributed by atoms with van der Waals surface area (Å²) in [6.45, 7) is 5.76. The number of aryl methyl sites for hydroxylation is 1. The molecule has 0 spiro atoms. The summed E-state index contributed by atoms with van der Waals surface area (Å²) >= 11 is 0. The van der Waals surface area contributed by atoms with E-state index in [1.807, 2.05) is 39.0 Å². The molecule has 0 saturated carbocycles. The molecule has 0 bridgehead atoms. The monoisotopic (exact) mass is 259 g/mol. The number of rotatable bonds is 3. The average Bonchev–Trinajstić information content (AvgIpc) is 2.36. The largest absolute Gasteiger partial charge is 0.454 e. The van der Waals surface area contributed by atoms with Gasteiger partial charge < -0.3 is 10.5 Å². The van der Waals surface area contributed by atoms with Crippen molar-refractivity contribution in [3.05, 3.63) is 58.9 Å². The van der Waals surface area contributed by atoms with Crippen LogP contribution in [0, 0.1) is 19.7 Å². The molecule has 0 aliphatic rings. The lowest BCUT2D eigenvalue weighted by Gasteiger charge is -2.16. The minimum Gasteiger partial charge on any atom is -0.454 e. The molecule has 2 N–H and O–H groups in total. The van der Waals surface area contributed by atoms with Gasteiger partial charge in [-0.3, -0.25) is 0 Å². The predicted molar refractivity (Wildman–Crippen MR) is 75.0 cm³/mol. The van der Waals surface area contributed by atoms with Crippen molar-refractivity contribution in [2.75, 3.05) is 0 Å². The number of hydrogen-bond donors (Lipinski definition) is 1. The van der Waals surface area contributed by atoms with Crippen LogP contribution in [-0.2, 0) is 0 Å². The Kier molecular flexibility index (Phi) is 3.86. The topological polar surface area (TPSA) is 35.2 Å². The third-order valence-corrected chi connectivity index (χ3v) is 3.25. The Hall–Kier alpha value is -1.87. The van der Waals surface area contributed by atoms with Crippen LogP contribution >= 0.6 is 0 Å². The smallest absolute Gasteiger partial charge is 0.167 e. The molecule has 0 radical (unpaired) electrons. The SMILES string of the molecule is Cc1cccc(Oc2c(F)cccc2C(C)N)c1C. The van der Waals surface area contributed by atoms with E-state index in [1.165, 1.54) is 6.07 Å². The lowest BCUT2D eigenvalue weighted by molar-refractivity contribution is 0.430. The highest BCUT2D eigenvalue weighted by Crippen LogP contribution is 2.33. The van der Waals surface area contributed by atoms with Crippen LogP contribution in [0.3, 0.4) is 0 Å². The summed E-state index contributed by atoms with van der Waals surface area (Å²) in [5.74, 6) is 0.480. The van der Waals surface area contributed by atoms with Crippen LogP contribution in [0.4, 0.5) is 4.39 Å². The highest BCUT2D eigenvalue weighted by molar-refractivity contribution is 5.45. The summed E-state index contributed by atoms with van der Waals surface area (Å²) in [6, 6.07) is 10.3. The van der Waals surface area contributed by atoms with Crippen molar-refractivity contribution in [3.8, 4) is 11.5 Å². The fourth-order valence-electron chi connectivity index (χ4n) is 1.94. The maximum atomic E-state index is 13.9. The van der Waals surface area contributed by atoms with Crippen LogP contribution < -0.4 is 10.5 Å². The first kappa shape index (κ1) is 13.6. The summed E-state index contributed by atoms with van der Waals surface area (Å²) in [6.07, 6.45) is 0. The van der Waals surface area contributed by atoms with Crippen molar-refractivity contribution in [3.63, 3.8) is 0 Å². The first-order valence-corrected chi connectivity index (χ1v) is 6.28. The summed E-state index contributed by atoms with van der Waals surface area (Å²) in [7, 11) is 0. The molecular formula is C16H18FNO. The van der Waals surface area contributed by atoms with Gasteiger partial charge in [0.15, 0.2) is 11.6 Å². The standard InChI is InChI=1S/C16H18FNO/c1-10-6-4-9-15(11(10)2)19-16-13(12(3)18)7-5-8-14(16)17/h4-9,12H,18H2,1-3H3. The van der Waals surface area contributed by atoms with Gasteiger partial charge in [0.05, 0.1) is 0 Å². The highest BCUT2D eigenvalue weighted by atomic mass is 19.1. The van der Waals surface area contributed by atoms with Crippen molar-refractivity contribution < 1.29 is 9.13 Å². The van der Waals surface area contributed by atoms with E-state index < -0.39 is 5.82 Å². The number of nitrogens with two attached hydrogens (primary N) is 1. The molecule has 0 aliphatic carbocycles. The molecule has 2 rings (SSSR count). The van der Waals surface area contributed by atoms with Gasteiger partial charge in [0.2, 0.25) is 0 Å². The van der Waals surface area contributed by atoms with Crippen LogP contribution in [0.2, 0.25) is 0 Å². The average molecular weight is 259 g/mol. The van der Waals surface area contributed by atoms with Gasteiger partial charge in [-0.1, -0.05) is 24.3 Å². The molecular weight excluding hydrogens is 241 g/mol. The van der Waals surface area contributed by atoms with Gasteiger partial charge in [-0.05, 0) is 44.0 Å². The second kappa shape index (κ2) is 5.41. The van der Waals surface area contributed by atoms with Crippen molar-refractivity contribution >= 4 is 0 Å². The molecule has 1 atom stereocenters. The Labute approximate surface area is 113 Å². The van der Waals surface area contributed by atoms with E-state index in [0.29, 0.717) is 11.3 Å². The Morgan fingerprint density at radius 2 is 1.79 bits per heavy atom. The molecule has 0 amide bonds. The molecule has 19 heavy (non-hydrogen) atoms. The van der Waals surface area contributed by atoms with Gasteiger partial charge in [0.1, 0.15) is 5.75 Å². The van der Waals surface area contributed by atoms with E-state index in [9.17, 15) is 4.39 Å². The second-order valence-electron chi connectivity index (χ2n) is 4.75. The van der Waals surface area contributed by atoms with Crippen molar-refractivity contribution in [2.24, 2.45) is 5.73 Å². The summed E-state index contributed by atoms with van der Waals surface area (Å²) < 4.78 is 19.7. The zero-order valence-corrected chi connectivity index (χ0v) is 11.4. The lowest BCUT2D eigenvalue weighted by atomic mass is 10.1. The lowest BCUT2D eigenvalue weighted by Crippen LogP contribution is -2.08. The molecule has 100 valence electrons. The Balaban J connectivity index is 2.46. The van der Waals surface area contributed by atoms with E-state index in [4.69, 9.17) is 10.5 Å². The Bertz CT molecular complexity index is 593. The summed E-state index contributed by atoms with van der Waals surface area (Å²) in [4.78, 5) is 0. The third kappa shape index (κ3) is 2.76. The normalized spacial score (nSPS) is 12.3. The second-order valence-corrected chi connectivity index (χ2v) is 4.75. The third-order valence-electron chi connectivity index (χ3n) is 3.25. The van der Waals surface area contributed by atoms with Crippen LogP contribution in [0.25, 0.3) is 0 Å². The van der Waals surface area contributed by atoms with Gasteiger partial charge in [-0.2, -0.15) is 0 Å². The van der Waals surface area contributed by atoms with Gasteiger partial charge in [-0.15, -0.1) is 0 Å². The Morgan fingerprint density at radius 3 is 2.47 bits per heavy atom. The summed E-state index contributed by atoms with van der Waals surface area (Å²) in [5, 5.41) is 0. The van der Waals surface area contributed by atoms with Gasteiger partial charge >= 0.3 is 0 Å². The molecule has 0 aliphatic heterocycles. The van der Waals surface area contributed by atoms with Gasteiger partial charge in [0, 0.05) is 11.6 Å². The van der Waals surface area contributed by atoms with Crippen LogP contribution in [0.15, 0.2) is 36.4 Å². The van der Waals surface area contributed by atoms with E-state index in [2.05, 4.69) is 0 Å². The van der Waals surface area contributed by atoms with E-state index in [-0.39, 0.29) is 11.8 Å². The van der Waals surface area contributed by atoms with Gasteiger partial charge in [0.25, 0.3) is 0 Å². The maximum absolute atomic E-state index is 13.9. The van der Waals surface area contributed by atoms with Crippen molar-refractivity contribution in [1.82, 2.24) is 0 Å². The molecule has 2 aromatic carbocycles. The first-order valence-electron chi connectivity index (χ1n) is 6.28. The van der Waals surface area contributed by atoms with E-state index in [0.717, 1.165) is 11.1 Å². The maximum Gasteiger partial charge on any atom is 0.167 e. The molecule has 2 nitrogen and oxygen atoms in total. The van der Waals surface area contributed by atoms with Crippen molar-refractivity contribution in [1.29, 1.82) is 0 Å². The Morgan fingerprint density at radius 1 is 1.11 bits per heavy atom. The van der Waals surface area contributed by atoms with Crippen LogP contribution in [0.1, 0.15) is 29.7 Å². The summed E-state index contributed by atoms with van der Waals surface area (Å²) in [5.41, 5.74) is 8.63. The van der Waals surface area contributed by atoms with Crippen LogP contribution in [-0.4, -0.2) is 0 Å². The molecule has 0 aromatic heterocycles. The fourth-order valence-corrected chi connectivity index (χ4v) is 1.94. The molecule has 0 saturated heterocycles. The molecule has 3 heteroatoms. The number of hydrogen-bond acceptors (Lipinski definition) is 2. The zero-order valence-electron chi connectivity index (χ0n) is 11.4. The fraction of sp³-hybridized carbons (Fsp3) is 0.250. The quantitative estimate of drug-likeness (QED) is 0.894. The number of benzene rings is 2. The zero-order chi connectivity index (χ0) is 14.0. The molecule has 0 fully saturated rings. The van der Waals surface area contributed by atoms with Crippen LogP contribution in [0.5, 0.6) is 11.5 Å². The number of ether oxygens (including phenoxy) is 1. The first-order chi connectivity index (χ1) is 9.00. The minimum absolute atomic E-state index is 0.214. The van der Waals surface area contributed by atoms with Crippen molar-refractivity contribution in [2.45, 2.75) is 26.8 Å². The number of para-hydroxylation sites is 1. The van der Waals surface area contributed by atoms with E-state index >= 15 is 0 Å². The minimum atomic E-state index is -0.393. The molecule has 0 heterocycles.